The number of aliphatic hydroxyl groups is 2. The maximum atomic E-state index is 9.37. The summed E-state index contributed by atoms with van der Waals surface area (Å²) in [6, 6.07) is 0. The highest BCUT2D eigenvalue weighted by molar-refractivity contribution is 4.60. The summed E-state index contributed by atoms with van der Waals surface area (Å²) in [5.74, 6) is 0.601. The summed E-state index contributed by atoms with van der Waals surface area (Å²) in [4.78, 5) is 0. The largest absolute Gasteiger partial charge is 0.396 e. The lowest BCUT2D eigenvalue weighted by Gasteiger charge is -2.13. The minimum absolute atomic E-state index is 0.192. The van der Waals surface area contributed by atoms with Crippen LogP contribution in [-0.4, -0.2) is 22.9 Å². The molecule has 0 aromatic rings. The molecule has 68 valence electrons. The van der Waals surface area contributed by atoms with E-state index in [1.165, 1.54) is 0 Å². The van der Waals surface area contributed by atoms with E-state index < -0.39 is 0 Å². The maximum absolute atomic E-state index is 9.37. The highest BCUT2D eigenvalue weighted by atomic mass is 16.3. The minimum atomic E-state index is -0.211. The van der Waals surface area contributed by atoms with Gasteiger partial charge in [0.1, 0.15) is 0 Å². The van der Waals surface area contributed by atoms with Gasteiger partial charge in [0.15, 0.2) is 0 Å². The van der Waals surface area contributed by atoms with Crippen molar-refractivity contribution in [3.05, 3.63) is 0 Å². The Labute approximate surface area is 69.2 Å². The van der Waals surface area contributed by atoms with E-state index in [4.69, 9.17) is 5.11 Å². The molecule has 0 bridgehead atoms. The molecule has 0 heterocycles. The second kappa shape index (κ2) is 6.62. The Kier molecular flexibility index (Phi) is 6.57. The summed E-state index contributed by atoms with van der Waals surface area (Å²) in [5, 5.41) is 17.9. The van der Waals surface area contributed by atoms with Gasteiger partial charge in [-0.05, 0) is 25.2 Å². The Bertz CT molecular complexity index is 83.6. The molecule has 0 radical (unpaired) electrons. The summed E-state index contributed by atoms with van der Waals surface area (Å²) in [6.07, 6.45) is 3.24. The van der Waals surface area contributed by atoms with E-state index in [1.807, 2.05) is 0 Å². The first-order valence-corrected chi connectivity index (χ1v) is 4.49. The lowest BCUT2D eigenvalue weighted by Crippen LogP contribution is -2.11. The molecule has 2 heteroatoms. The minimum Gasteiger partial charge on any atom is -0.396 e. The van der Waals surface area contributed by atoms with Crippen LogP contribution in [0, 0.1) is 5.92 Å². The predicted octanol–water partition coefficient (Wildman–Crippen LogP) is 1.56. The predicted molar refractivity (Wildman–Crippen MR) is 46.4 cm³/mol. The third kappa shape index (κ3) is 6.32. The Morgan fingerprint density at radius 2 is 2.00 bits per heavy atom. The van der Waals surface area contributed by atoms with Crippen LogP contribution in [0.3, 0.4) is 0 Å². The third-order valence-corrected chi connectivity index (χ3v) is 2.07. The van der Waals surface area contributed by atoms with E-state index in [1.54, 1.807) is 0 Å². The Morgan fingerprint density at radius 1 is 1.36 bits per heavy atom. The van der Waals surface area contributed by atoms with Crippen LogP contribution in [0.1, 0.15) is 39.5 Å². The first kappa shape index (κ1) is 10.9. The van der Waals surface area contributed by atoms with Crippen LogP contribution < -0.4 is 0 Å². The summed E-state index contributed by atoms with van der Waals surface area (Å²) >= 11 is 0. The molecular formula is C9H20O2. The second-order valence-corrected chi connectivity index (χ2v) is 3.27. The van der Waals surface area contributed by atoms with E-state index in [0.29, 0.717) is 5.92 Å². The third-order valence-electron chi connectivity index (χ3n) is 2.07. The van der Waals surface area contributed by atoms with Gasteiger partial charge in [0.25, 0.3) is 0 Å². The molecule has 0 aliphatic carbocycles. The molecule has 0 saturated carbocycles. The van der Waals surface area contributed by atoms with Gasteiger partial charge in [-0.15, -0.1) is 0 Å². The van der Waals surface area contributed by atoms with Crippen LogP contribution >= 0.6 is 0 Å². The summed E-state index contributed by atoms with van der Waals surface area (Å²) in [6.45, 7) is 4.46. The van der Waals surface area contributed by atoms with Crippen molar-refractivity contribution in [3.8, 4) is 0 Å². The topological polar surface area (TPSA) is 40.5 Å². The standard InChI is InChI=1S/C9H20O2/c1-3-8(2)7-9(11)5-4-6-10/h8-11H,3-7H2,1-2H3. The Hall–Kier alpha value is -0.0800. The van der Waals surface area contributed by atoms with Crippen molar-refractivity contribution in [2.75, 3.05) is 6.61 Å². The smallest absolute Gasteiger partial charge is 0.0543 e. The van der Waals surface area contributed by atoms with Gasteiger partial charge < -0.3 is 10.2 Å². The van der Waals surface area contributed by atoms with Crippen LogP contribution in [0.4, 0.5) is 0 Å². The molecule has 0 saturated heterocycles. The number of rotatable bonds is 6. The Morgan fingerprint density at radius 3 is 2.45 bits per heavy atom. The average Bonchev–Trinajstić information content (AvgIpc) is 2.00. The van der Waals surface area contributed by atoms with Gasteiger partial charge in [-0.25, -0.2) is 0 Å². The van der Waals surface area contributed by atoms with Crippen molar-refractivity contribution >= 4 is 0 Å². The molecule has 2 unspecified atom stereocenters. The molecule has 2 atom stereocenters. The van der Waals surface area contributed by atoms with Crippen molar-refractivity contribution in [1.82, 2.24) is 0 Å². The highest BCUT2D eigenvalue weighted by Crippen LogP contribution is 2.12. The molecule has 2 nitrogen and oxygen atoms in total. The fraction of sp³-hybridized carbons (Fsp3) is 1.00. The quantitative estimate of drug-likeness (QED) is 0.619. The average molecular weight is 160 g/mol. The Balaban J connectivity index is 3.27. The molecule has 0 fully saturated rings. The van der Waals surface area contributed by atoms with E-state index in [9.17, 15) is 5.11 Å². The molecule has 0 aromatic heterocycles. The molecule has 0 amide bonds. The van der Waals surface area contributed by atoms with Gasteiger partial charge in [-0.2, -0.15) is 0 Å². The fourth-order valence-electron chi connectivity index (χ4n) is 1.08. The monoisotopic (exact) mass is 160 g/mol. The first-order valence-electron chi connectivity index (χ1n) is 4.49. The molecular weight excluding hydrogens is 140 g/mol. The van der Waals surface area contributed by atoms with Gasteiger partial charge in [-0.1, -0.05) is 20.3 Å². The van der Waals surface area contributed by atoms with Crippen molar-refractivity contribution in [1.29, 1.82) is 0 Å². The maximum Gasteiger partial charge on any atom is 0.0543 e. The summed E-state index contributed by atoms with van der Waals surface area (Å²) in [7, 11) is 0. The highest BCUT2D eigenvalue weighted by Gasteiger charge is 2.07. The van der Waals surface area contributed by atoms with Gasteiger partial charge in [-0.3, -0.25) is 0 Å². The van der Waals surface area contributed by atoms with E-state index in [0.717, 1.165) is 25.7 Å². The zero-order valence-electron chi connectivity index (χ0n) is 7.58. The van der Waals surface area contributed by atoms with Gasteiger partial charge >= 0.3 is 0 Å². The van der Waals surface area contributed by atoms with Crippen molar-refractivity contribution in [3.63, 3.8) is 0 Å². The van der Waals surface area contributed by atoms with Gasteiger partial charge in [0.05, 0.1) is 6.10 Å². The molecule has 0 aliphatic heterocycles. The molecule has 11 heavy (non-hydrogen) atoms. The van der Waals surface area contributed by atoms with Gasteiger partial charge in [0.2, 0.25) is 0 Å². The van der Waals surface area contributed by atoms with Crippen LogP contribution in [-0.2, 0) is 0 Å². The SMILES string of the molecule is CCC(C)CC(O)CCCO. The molecule has 0 spiro atoms. The first-order chi connectivity index (χ1) is 5.20. The number of aliphatic hydroxyl groups excluding tert-OH is 2. The van der Waals surface area contributed by atoms with Crippen LogP contribution in [0.2, 0.25) is 0 Å². The number of hydrogen-bond donors (Lipinski definition) is 2. The molecule has 0 rings (SSSR count). The van der Waals surface area contributed by atoms with E-state index in [-0.39, 0.29) is 12.7 Å². The van der Waals surface area contributed by atoms with Crippen LogP contribution in [0.5, 0.6) is 0 Å². The van der Waals surface area contributed by atoms with Crippen molar-refractivity contribution in [2.45, 2.75) is 45.6 Å². The lowest BCUT2D eigenvalue weighted by atomic mass is 9.99. The van der Waals surface area contributed by atoms with Gasteiger partial charge in [0, 0.05) is 6.61 Å². The zero-order chi connectivity index (χ0) is 8.69. The second-order valence-electron chi connectivity index (χ2n) is 3.27. The van der Waals surface area contributed by atoms with Crippen molar-refractivity contribution in [2.24, 2.45) is 5.92 Å². The van der Waals surface area contributed by atoms with Crippen LogP contribution in [0.15, 0.2) is 0 Å². The van der Waals surface area contributed by atoms with E-state index >= 15 is 0 Å². The molecule has 0 aromatic carbocycles. The molecule has 2 N–H and O–H groups in total. The normalized spacial score (nSPS) is 16.4. The van der Waals surface area contributed by atoms with Crippen molar-refractivity contribution < 1.29 is 10.2 Å². The summed E-state index contributed by atoms with van der Waals surface area (Å²) in [5.41, 5.74) is 0. The van der Waals surface area contributed by atoms with Crippen LogP contribution in [0.25, 0.3) is 0 Å². The van der Waals surface area contributed by atoms with E-state index in [2.05, 4.69) is 13.8 Å². The summed E-state index contributed by atoms with van der Waals surface area (Å²) < 4.78 is 0. The molecule has 0 aliphatic rings. The lowest BCUT2D eigenvalue weighted by molar-refractivity contribution is 0.124. The zero-order valence-corrected chi connectivity index (χ0v) is 7.58. The number of hydrogen-bond acceptors (Lipinski definition) is 2. The fourth-order valence-corrected chi connectivity index (χ4v) is 1.08.